The van der Waals surface area contributed by atoms with Crippen molar-refractivity contribution in [2.24, 2.45) is 0 Å². The van der Waals surface area contributed by atoms with Crippen molar-refractivity contribution in [2.75, 3.05) is 0 Å². The summed E-state index contributed by atoms with van der Waals surface area (Å²) in [6.07, 6.45) is 5.48. The van der Waals surface area contributed by atoms with Crippen molar-refractivity contribution in [3.05, 3.63) is 112 Å². The van der Waals surface area contributed by atoms with Crippen molar-refractivity contribution in [2.45, 2.75) is 39.4 Å². The second kappa shape index (κ2) is 9.20. The van der Waals surface area contributed by atoms with E-state index in [9.17, 15) is 0 Å². The van der Waals surface area contributed by atoms with Gasteiger partial charge in [-0.2, -0.15) is 0 Å². The molecule has 5 rings (SSSR count). The summed E-state index contributed by atoms with van der Waals surface area (Å²) in [5.74, 6) is 0. The first-order valence-electron chi connectivity index (χ1n) is 11.3. The van der Waals surface area contributed by atoms with Gasteiger partial charge in [-0.05, 0) is 92.1 Å². The molecular weight excluding hydrogens is 462 g/mol. The number of hydrogen-bond donors (Lipinski definition) is 1. The molecule has 34 heavy (non-hydrogen) atoms. The fraction of sp³-hybridized carbons (Fsp3) is 0.222. The van der Waals surface area contributed by atoms with Gasteiger partial charge in [0.25, 0.3) is 0 Å². The second-order valence-electron chi connectivity index (χ2n) is 8.66. The first-order chi connectivity index (χ1) is 16.5. The van der Waals surface area contributed by atoms with E-state index in [-0.39, 0.29) is 12.1 Å². The monoisotopic (exact) mass is 487 g/mol. The maximum atomic E-state index is 6.48. The highest BCUT2D eigenvalue weighted by atomic mass is 35.5. The minimum absolute atomic E-state index is 0.0185. The number of aromatic nitrogens is 3. The Morgan fingerprint density at radius 3 is 2.53 bits per heavy atom. The number of aryl methyl sites for hydroxylation is 1. The average molecular weight is 488 g/mol. The Hall–Kier alpha value is -3.22. The third-order valence-corrected chi connectivity index (χ3v) is 7.33. The highest BCUT2D eigenvalue weighted by molar-refractivity contribution is 7.80. The van der Waals surface area contributed by atoms with Gasteiger partial charge in [0.1, 0.15) is 0 Å². The molecule has 5 nitrogen and oxygen atoms in total. The van der Waals surface area contributed by atoms with Gasteiger partial charge in [0, 0.05) is 47.2 Å². The molecule has 0 saturated carbocycles. The molecular formula is C27H26ClN5S. The van der Waals surface area contributed by atoms with Crippen LogP contribution in [-0.2, 0) is 6.54 Å². The van der Waals surface area contributed by atoms with Crippen LogP contribution < -0.4 is 5.32 Å². The lowest BCUT2D eigenvalue weighted by Crippen LogP contribution is -2.29. The molecule has 0 radical (unpaired) electrons. The predicted octanol–water partition coefficient (Wildman–Crippen LogP) is 6.02. The quantitative estimate of drug-likeness (QED) is 0.349. The van der Waals surface area contributed by atoms with Crippen LogP contribution in [0.1, 0.15) is 45.9 Å². The fourth-order valence-corrected chi connectivity index (χ4v) is 5.37. The van der Waals surface area contributed by atoms with E-state index in [4.69, 9.17) is 23.8 Å². The van der Waals surface area contributed by atoms with E-state index in [1.165, 1.54) is 11.3 Å². The van der Waals surface area contributed by atoms with Gasteiger partial charge < -0.3 is 14.8 Å². The van der Waals surface area contributed by atoms with Gasteiger partial charge in [-0.15, -0.1) is 0 Å². The van der Waals surface area contributed by atoms with Crippen molar-refractivity contribution in [1.82, 2.24) is 24.8 Å². The Labute approximate surface area is 210 Å². The number of hydrogen-bond acceptors (Lipinski definition) is 3. The molecule has 1 fully saturated rings. The Kier molecular flexibility index (Phi) is 6.11. The maximum absolute atomic E-state index is 6.48. The molecule has 172 valence electrons. The lowest BCUT2D eigenvalue weighted by atomic mass is 9.96. The molecule has 2 unspecified atom stereocenters. The van der Waals surface area contributed by atoms with E-state index in [1.807, 2.05) is 55.0 Å². The molecule has 1 aliphatic rings. The van der Waals surface area contributed by atoms with E-state index >= 15 is 0 Å². The van der Waals surface area contributed by atoms with E-state index in [0.29, 0.717) is 6.54 Å². The Bertz CT molecular complexity index is 1340. The summed E-state index contributed by atoms with van der Waals surface area (Å²) in [6.45, 7) is 7.06. The molecule has 7 heteroatoms. The predicted molar refractivity (Wildman–Crippen MR) is 140 cm³/mol. The summed E-state index contributed by atoms with van der Waals surface area (Å²) in [5, 5.41) is 5.04. The Balaban J connectivity index is 1.64. The summed E-state index contributed by atoms with van der Waals surface area (Å²) < 4.78 is 2.29. The SMILES string of the molecule is Cc1c(Cl)cccc1-n1c(C)cc(C2C(c3ccccn3)NC(=S)N2Cc2ccncc2)c1C. The smallest absolute Gasteiger partial charge is 0.170 e. The zero-order valence-electron chi connectivity index (χ0n) is 19.4. The van der Waals surface area contributed by atoms with Crippen LogP contribution in [0.2, 0.25) is 5.02 Å². The molecule has 4 heterocycles. The fourth-order valence-electron chi connectivity index (χ4n) is 4.90. The highest BCUT2D eigenvalue weighted by Gasteiger charge is 2.41. The number of benzene rings is 1. The molecule has 1 saturated heterocycles. The van der Waals surface area contributed by atoms with Crippen LogP contribution in [0.15, 0.2) is 73.2 Å². The molecule has 1 aliphatic heterocycles. The molecule has 0 amide bonds. The summed E-state index contributed by atoms with van der Waals surface area (Å²) >= 11 is 12.3. The molecule has 4 aromatic rings. The normalized spacial score (nSPS) is 17.8. The summed E-state index contributed by atoms with van der Waals surface area (Å²) in [6, 6.07) is 18.3. The van der Waals surface area contributed by atoms with Crippen molar-refractivity contribution < 1.29 is 0 Å². The van der Waals surface area contributed by atoms with Crippen LogP contribution in [-0.4, -0.2) is 24.5 Å². The molecule has 3 aromatic heterocycles. The van der Waals surface area contributed by atoms with Crippen LogP contribution >= 0.6 is 23.8 Å². The van der Waals surface area contributed by atoms with Crippen molar-refractivity contribution in [1.29, 1.82) is 0 Å². The van der Waals surface area contributed by atoms with Crippen LogP contribution in [0.5, 0.6) is 0 Å². The van der Waals surface area contributed by atoms with Gasteiger partial charge in [-0.3, -0.25) is 9.97 Å². The number of rotatable bonds is 5. The van der Waals surface area contributed by atoms with Crippen LogP contribution in [0.25, 0.3) is 5.69 Å². The number of nitrogens with zero attached hydrogens (tertiary/aromatic N) is 4. The van der Waals surface area contributed by atoms with Gasteiger partial charge in [0.05, 0.1) is 17.8 Å². The third kappa shape index (κ3) is 3.97. The molecule has 0 spiro atoms. The van der Waals surface area contributed by atoms with E-state index in [1.54, 1.807) is 0 Å². The summed E-state index contributed by atoms with van der Waals surface area (Å²) in [5.41, 5.74) is 7.82. The number of pyridine rings is 2. The Morgan fingerprint density at radius 2 is 1.79 bits per heavy atom. The lowest BCUT2D eigenvalue weighted by molar-refractivity contribution is 0.310. The highest BCUT2D eigenvalue weighted by Crippen LogP contribution is 2.42. The largest absolute Gasteiger partial charge is 0.352 e. The minimum Gasteiger partial charge on any atom is -0.352 e. The van der Waals surface area contributed by atoms with E-state index in [0.717, 1.165) is 38.3 Å². The Morgan fingerprint density at radius 1 is 1.00 bits per heavy atom. The standard InChI is InChI=1S/C27H26ClN5S/c1-17-15-21(19(3)33(17)24-9-6-7-22(28)18(24)2)26-25(23-8-4-5-12-30-23)31-27(34)32(26)16-20-10-13-29-14-11-20/h4-15,25-26H,16H2,1-3H3,(H,31,34). The number of nitrogens with one attached hydrogen (secondary N) is 1. The van der Waals surface area contributed by atoms with Crippen LogP contribution in [0.4, 0.5) is 0 Å². The zero-order chi connectivity index (χ0) is 23.8. The summed E-state index contributed by atoms with van der Waals surface area (Å²) in [4.78, 5) is 11.1. The first-order valence-corrected chi connectivity index (χ1v) is 12.1. The van der Waals surface area contributed by atoms with Gasteiger partial charge in [-0.1, -0.05) is 23.7 Å². The second-order valence-corrected chi connectivity index (χ2v) is 9.45. The average Bonchev–Trinajstić information content (AvgIpc) is 3.32. The number of thiocarbonyl (C=S) groups is 1. The third-order valence-electron chi connectivity index (χ3n) is 6.57. The number of halogens is 1. The van der Waals surface area contributed by atoms with E-state index < -0.39 is 0 Å². The molecule has 1 aromatic carbocycles. The zero-order valence-corrected chi connectivity index (χ0v) is 20.9. The van der Waals surface area contributed by atoms with Crippen molar-refractivity contribution >= 4 is 28.9 Å². The van der Waals surface area contributed by atoms with Crippen molar-refractivity contribution in [3.8, 4) is 5.69 Å². The molecule has 2 atom stereocenters. The molecule has 0 aliphatic carbocycles. The van der Waals surface area contributed by atoms with Crippen LogP contribution in [0, 0.1) is 20.8 Å². The topological polar surface area (TPSA) is 46.0 Å². The summed E-state index contributed by atoms with van der Waals surface area (Å²) in [7, 11) is 0. The maximum Gasteiger partial charge on any atom is 0.170 e. The van der Waals surface area contributed by atoms with E-state index in [2.05, 4.69) is 63.7 Å². The molecule has 1 N–H and O–H groups in total. The van der Waals surface area contributed by atoms with Gasteiger partial charge in [0.2, 0.25) is 0 Å². The van der Waals surface area contributed by atoms with Gasteiger partial charge in [0.15, 0.2) is 5.11 Å². The first kappa shape index (κ1) is 22.6. The lowest BCUT2D eigenvalue weighted by Gasteiger charge is -2.28. The minimum atomic E-state index is -0.0649. The van der Waals surface area contributed by atoms with Crippen LogP contribution in [0.3, 0.4) is 0 Å². The van der Waals surface area contributed by atoms with Gasteiger partial charge in [-0.25, -0.2) is 0 Å². The van der Waals surface area contributed by atoms with Crippen molar-refractivity contribution in [3.63, 3.8) is 0 Å². The molecule has 0 bridgehead atoms. The van der Waals surface area contributed by atoms with Gasteiger partial charge >= 0.3 is 0 Å².